The van der Waals surface area contributed by atoms with Crippen molar-refractivity contribution in [3.05, 3.63) is 12.7 Å². The van der Waals surface area contributed by atoms with E-state index in [0.29, 0.717) is 0 Å². The lowest BCUT2D eigenvalue weighted by atomic mass is 10.7. The third-order valence-corrected chi connectivity index (χ3v) is 0.798. The van der Waals surface area contributed by atoms with E-state index in [0.717, 1.165) is 0 Å². The molecule has 0 atom stereocenters. The number of hydrogen-bond donors (Lipinski definition) is 0. The Morgan fingerprint density at radius 1 is 1.50 bits per heavy atom. The van der Waals surface area contributed by atoms with Crippen LogP contribution in [0, 0.1) is 0 Å². The van der Waals surface area contributed by atoms with Crippen LogP contribution < -0.4 is 0 Å². The maximum absolute atomic E-state index is 3.54. The highest BCUT2D eigenvalue weighted by Crippen LogP contribution is 1.87. The molecule has 0 aromatic carbocycles. The summed E-state index contributed by atoms with van der Waals surface area (Å²) in [5, 5.41) is 0. The van der Waals surface area contributed by atoms with Gasteiger partial charge in [0.05, 0.1) is 0 Å². The van der Waals surface area contributed by atoms with E-state index in [1.54, 1.807) is 0 Å². The van der Waals surface area contributed by atoms with Gasteiger partial charge >= 0.3 is 0 Å². The Labute approximate surface area is 37.6 Å². The van der Waals surface area contributed by atoms with E-state index in [9.17, 15) is 0 Å². The molecule has 0 aliphatic carbocycles. The minimum Gasteiger partial charge on any atom is -0.223 e. The lowest BCUT2D eigenvalue weighted by Crippen LogP contribution is -1.73. The molecule has 0 radical (unpaired) electrons. The zero-order valence-corrected chi connectivity index (χ0v) is 3.72. The molecular weight excluding hydrogens is 74.1 g/mol. The van der Waals surface area contributed by atoms with E-state index in [2.05, 4.69) is 11.2 Å². The fraction of sp³-hybridized carbons (Fsp3) is 0.400. The molecule has 1 saturated heterocycles. The van der Waals surface area contributed by atoms with E-state index >= 15 is 0 Å². The third kappa shape index (κ3) is 0.677. The summed E-state index contributed by atoms with van der Waals surface area (Å²) in [4.78, 5) is 0. The highest BCUT2D eigenvalue weighted by Gasteiger charge is 2.17. The maximum atomic E-state index is 3.54. The molecule has 1 heterocycles. The minimum atomic E-state index is 1.23. The molecule has 0 spiro atoms. The van der Waals surface area contributed by atoms with Gasteiger partial charge in [0, 0.05) is 0 Å². The van der Waals surface area contributed by atoms with Crippen LogP contribution in [0.4, 0.5) is 0 Å². The molecule has 1 aliphatic rings. The Balaban J connectivity index is 2.42. The van der Waals surface area contributed by atoms with E-state index in [1.165, 1.54) is 13.1 Å². The lowest BCUT2D eigenvalue weighted by molar-refractivity contribution is -0.328. The van der Waals surface area contributed by atoms with Gasteiger partial charge in [-0.1, -0.05) is 6.58 Å². The summed E-state index contributed by atoms with van der Waals surface area (Å²) in [7, 11) is 0. The summed E-state index contributed by atoms with van der Waals surface area (Å²) < 4.78 is 2.19. The molecule has 32 valence electrons. The maximum Gasteiger partial charge on any atom is 0.201 e. The molecular formula is C5H8N+. The topological polar surface area (TPSA) is 3.01 Å². The predicted octanol–water partition coefficient (Wildman–Crippen LogP) is 0.269. The van der Waals surface area contributed by atoms with Crippen molar-refractivity contribution < 1.29 is 4.58 Å². The van der Waals surface area contributed by atoms with Crippen LogP contribution in [0.5, 0.6) is 0 Å². The average Bonchev–Trinajstić information content (AvgIpc) is 2.21. The predicted molar refractivity (Wildman–Crippen MR) is 26.3 cm³/mol. The first-order valence-electron chi connectivity index (χ1n) is 2.13. The van der Waals surface area contributed by atoms with Crippen LogP contribution in [-0.4, -0.2) is 23.9 Å². The van der Waals surface area contributed by atoms with Crippen molar-refractivity contribution in [3.8, 4) is 0 Å². The van der Waals surface area contributed by atoms with Crippen molar-refractivity contribution in [2.24, 2.45) is 0 Å². The zero-order chi connectivity index (χ0) is 4.41. The van der Waals surface area contributed by atoms with Gasteiger partial charge in [-0.2, -0.15) is 0 Å². The quantitative estimate of drug-likeness (QED) is 0.315. The summed E-state index contributed by atoms with van der Waals surface area (Å²) in [6, 6.07) is 0. The van der Waals surface area contributed by atoms with Crippen molar-refractivity contribution >= 4 is 6.21 Å². The number of hydrogen-bond acceptors (Lipinski definition) is 0. The smallest absolute Gasteiger partial charge is 0.201 e. The van der Waals surface area contributed by atoms with E-state index < -0.39 is 0 Å². The Morgan fingerprint density at radius 2 is 2.17 bits per heavy atom. The lowest BCUT2D eigenvalue weighted by Gasteiger charge is -1.54. The van der Waals surface area contributed by atoms with Crippen LogP contribution in [0.1, 0.15) is 0 Å². The van der Waals surface area contributed by atoms with Gasteiger partial charge in [-0.15, -0.1) is 0 Å². The SMILES string of the molecule is C=CC=[N+]1CC1. The first-order valence-corrected chi connectivity index (χ1v) is 2.13. The van der Waals surface area contributed by atoms with Crippen LogP contribution in [-0.2, 0) is 0 Å². The molecule has 6 heavy (non-hydrogen) atoms. The molecule has 0 aromatic heterocycles. The van der Waals surface area contributed by atoms with E-state index in [-0.39, 0.29) is 0 Å². The van der Waals surface area contributed by atoms with Gasteiger partial charge in [0.2, 0.25) is 13.1 Å². The van der Waals surface area contributed by atoms with Gasteiger partial charge in [0.15, 0.2) is 6.21 Å². The van der Waals surface area contributed by atoms with Crippen molar-refractivity contribution in [3.63, 3.8) is 0 Å². The first kappa shape index (κ1) is 3.59. The Kier molecular flexibility index (Phi) is 0.748. The van der Waals surface area contributed by atoms with Crippen LogP contribution in [0.25, 0.3) is 0 Å². The second kappa shape index (κ2) is 1.25. The van der Waals surface area contributed by atoms with E-state index in [4.69, 9.17) is 0 Å². The van der Waals surface area contributed by atoms with Crippen molar-refractivity contribution in [2.75, 3.05) is 13.1 Å². The Hall–Kier alpha value is -0.590. The fourth-order valence-electron chi connectivity index (χ4n) is 0.356. The minimum absolute atomic E-state index is 1.23. The Bertz CT molecular complexity index is 86.1. The van der Waals surface area contributed by atoms with Gasteiger partial charge in [-0.05, 0) is 6.08 Å². The second-order valence-corrected chi connectivity index (χ2v) is 1.42. The fourth-order valence-corrected chi connectivity index (χ4v) is 0.356. The van der Waals surface area contributed by atoms with Crippen LogP contribution in [0.2, 0.25) is 0 Å². The van der Waals surface area contributed by atoms with Gasteiger partial charge in [0.25, 0.3) is 0 Å². The van der Waals surface area contributed by atoms with Crippen molar-refractivity contribution in [1.29, 1.82) is 0 Å². The third-order valence-electron chi connectivity index (χ3n) is 0.798. The number of nitrogens with zero attached hydrogens (tertiary/aromatic N) is 1. The summed E-state index contributed by atoms with van der Waals surface area (Å²) in [5.41, 5.74) is 0. The van der Waals surface area contributed by atoms with Gasteiger partial charge in [-0.25, -0.2) is 4.58 Å². The largest absolute Gasteiger partial charge is 0.223 e. The summed E-state index contributed by atoms with van der Waals surface area (Å²) in [6.07, 6.45) is 3.81. The molecule has 0 saturated carbocycles. The van der Waals surface area contributed by atoms with Crippen LogP contribution >= 0.6 is 0 Å². The van der Waals surface area contributed by atoms with Crippen LogP contribution in [0.3, 0.4) is 0 Å². The number of rotatable bonds is 1. The molecule has 1 nitrogen and oxygen atoms in total. The summed E-state index contributed by atoms with van der Waals surface area (Å²) >= 11 is 0. The highest BCUT2D eigenvalue weighted by atomic mass is 15.1. The average molecular weight is 82.1 g/mol. The zero-order valence-electron chi connectivity index (χ0n) is 3.72. The summed E-state index contributed by atoms with van der Waals surface area (Å²) in [5.74, 6) is 0. The Morgan fingerprint density at radius 3 is 2.33 bits per heavy atom. The van der Waals surface area contributed by atoms with Gasteiger partial charge in [-0.3, -0.25) is 0 Å². The van der Waals surface area contributed by atoms with Crippen molar-refractivity contribution in [1.82, 2.24) is 0 Å². The first-order chi connectivity index (χ1) is 2.93. The van der Waals surface area contributed by atoms with Gasteiger partial charge in [0.1, 0.15) is 0 Å². The van der Waals surface area contributed by atoms with Crippen molar-refractivity contribution in [2.45, 2.75) is 0 Å². The molecule has 0 N–H and O–H groups in total. The summed E-state index contributed by atoms with van der Waals surface area (Å²) in [6.45, 7) is 6.00. The normalized spacial score (nSPS) is 17.0. The van der Waals surface area contributed by atoms with Crippen LogP contribution in [0.15, 0.2) is 12.7 Å². The molecule has 0 unspecified atom stereocenters. The molecule has 0 amide bonds. The molecule has 1 aliphatic heterocycles. The molecule has 1 heteroatoms. The van der Waals surface area contributed by atoms with E-state index in [1.807, 2.05) is 12.3 Å². The second-order valence-electron chi connectivity index (χ2n) is 1.42. The monoisotopic (exact) mass is 82.1 g/mol. The molecule has 0 aromatic rings. The van der Waals surface area contributed by atoms with Gasteiger partial charge < -0.3 is 0 Å². The molecule has 1 fully saturated rings. The standard InChI is InChI=1S/C5H8N/c1-2-3-6-4-5-6/h2-3H,1,4-5H2/q+1. The molecule has 1 rings (SSSR count). The highest BCUT2D eigenvalue weighted by molar-refractivity contribution is 5.65. The number of allylic oxidation sites excluding steroid dienone is 1. The molecule has 0 bridgehead atoms.